The maximum Gasteiger partial charge on any atom is 0.257 e. The van der Waals surface area contributed by atoms with Crippen molar-refractivity contribution in [2.24, 2.45) is 5.92 Å². The van der Waals surface area contributed by atoms with E-state index in [1.807, 2.05) is 47.6 Å². The number of rotatable bonds is 4. The van der Waals surface area contributed by atoms with Gasteiger partial charge in [-0.25, -0.2) is 0 Å². The molecule has 2 aliphatic heterocycles. The highest BCUT2D eigenvalue weighted by molar-refractivity contribution is 5.97. The Morgan fingerprint density at radius 2 is 2.07 bits per heavy atom. The first-order valence-corrected chi connectivity index (χ1v) is 9.81. The molecule has 1 aromatic heterocycles. The standard InChI is InChI=1S/C22H27N3O2/c1-27-21-10-3-2-9-19(21)22(26)25-15-18-8-4-5-12-24(20(18)16-25)14-17-7-6-11-23-13-17/h2-3,6-7,9-11,13,18,20H,4-5,8,12,14-16H2,1H3/t18-,20+/m0/s1. The summed E-state index contributed by atoms with van der Waals surface area (Å²) in [7, 11) is 1.62. The summed E-state index contributed by atoms with van der Waals surface area (Å²) in [5.74, 6) is 1.28. The van der Waals surface area contributed by atoms with Crippen molar-refractivity contribution in [2.45, 2.75) is 31.8 Å². The lowest BCUT2D eigenvalue weighted by Gasteiger charge is -2.30. The molecule has 0 spiro atoms. The number of fused-ring (bicyclic) bond motifs is 1. The lowest BCUT2D eigenvalue weighted by atomic mass is 9.98. The summed E-state index contributed by atoms with van der Waals surface area (Å²) >= 11 is 0. The third kappa shape index (κ3) is 3.83. The molecule has 4 rings (SSSR count). The van der Waals surface area contributed by atoms with Gasteiger partial charge in [0.1, 0.15) is 5.75 Å². The number of benzene rings is 1. The van der Waals surface area contributed by atoms with Crippen molar-refractivity contribution in [3.8, 4) is 5.75 Å². The van der Waals surface area contributed by atoms with Gasteiger partial charge >= 0.3 is 0 Å². The zero-order chi connectivity index (χ0) is 18.6. The van der Waals surface area contributed by atoms with Crippen LogP contribution in [0.2, 0.25) is 0 Å². The molecule has 0 radical (unpaired) electrons. The predicted octanol–water partition coefficient (Wildman–Crippen LogP) is 3.22. The van der Waals surface area contributed by atoms with Gasteiger partial charge in [0.15, 0.2) is 0 Å². The fourth-order valence-electron chi connectivity index (χ4n) is 4.52. The molecule has 0 bridgehead atoms. The fourth-order valence-corrected chi connectivity index (χ4v) is 4.52. The molecule has 2 aliphatic rings. The Morgan fingerprint density at radius 3 is 2.89 bits per heavy atom. The second-order valence-corrected chi connectivity index (χ2v) is 7.57. The number of hydrogen-bond acceptors (Lipinski definition) is 4. The highest BCUT2D eigenvalue weighted by Crippen LogP contribution is 2.32. The Bertz CT molecular complexity index is 780. The number of likely N-dealkylation sites (tertiary alicyclic amines) is 2. The van der Waals surface area contributed by atoms with Crippen LogP contribution in [0.4, 0.5) is 0 Å². The lowest BCUT2D eigenvalue weighted by Crippen LogP contribution is -2.40. The van der Waals surface area contributed by atoms with Crippen LogP contribution in [0, 0.1) is 5.92 Å². The van der Waals surface area contributed by atoms with Crippen LogP contribution in [0.1, 0.15) is 35.2 Å². The van der Waals surface area contributed by atoms with Gasteiger partial charge in [-0.05, 0) is 49.1 Å². The fraction of sp³-hybridized carbons (Fsp3) is 0.455. The van der Waals surface area contributed by atoms with Gasteiger partial charge in [0, 0.05) is 38.1 Å². The Morgan fingerprint density at radius 1 is 1.19 bits per heavy atom. The highest BCUT2D eigenvalue weighted by atomic mass is 16.5. The van der Waals surface area contributed by atoms with E-state index in [2.05, 4.69) is 16.0 Å². The molecule has 3 heterocycles. The van der Waals surface area contributed by atoms with Gasteiger partial charge in [0.25, 0.3) is 5.91 Å². The summed E-state index contributed by atoms with van der Waals surface area (Å²) in [6.45, 7) is 3.63. The van der Waals surface area contributed by atoms with Gasteiger partial charge in [-0.3, -0.25) is 14.7 Å². The van der Waals surface area contributed by atoms with E-state index < -0.39 is 0 Å². The number of amides is 1. The molecule has 142 valence electrons. The Kier molecular flexibility index (Phi) is 5.39. The number of carbonyl (C=O) groups is 1. The van der Waals surface area contributed by atoms with E-state index in [1.54, 1.807) is 7.11 Å². The summed E-state index contributed by atoms with van der Waals surface area (Å²) in [4.78, 5) is 22.0. The van der Waals surface area contributed by atoms with Crippen LogP contribution in [-0.2, 0) is 6.54 Å². The van der Waals surface area contributed by atoms with Crippen LogP contribution in [0.3, 0.4) is 0 Å². The summed E-state index contributed by atoms with van der Waals surface area (Å²) in [6, 6.07) is 12.1. The van der Waals surface area contributed by atoms with Crippen LogP contribution in [-0.4, -0.2) is 53.5 Å². The maximum atomic E-state index is 13.1. The molecule has 27 heavy (non-hydrogen) atoms. The largest absolute Gasteiger partial charge is 0.496 e. The van der Waals surface area contributed by atoms with Crippen molar-refractivity contribution in [3.63, 3.8) is 0 Å². The summed E-state index contributed by atoms with van der Waals surface area (Å²) in [5.41, 5.74) is 1.91. The van der Waals surface area contributed by atoms with Crippen molar-refractivity contribution in [3.05, 3.63) is 59.9 Å². The van der Waals surface area contributed by atoms with Gasteiger partial charge in [-0.2, -0.15) is 0 Å². The predicted molar refractivity (Wildman–Crippen MR) is 105 cm³/mol. The molecule has 0 N–H and O–H groups in total. The van der Waals surface area contributed by atoms with E-state index in [-0.39, 0.29) is 5.91 Å². The number of ether oxygens (including phenoxy) is 1. The number of aromatic nitrogens is 1. The highest BCUT2D eigenvalue weighted by Gasteiger charge is 2.40. The van der Waals surface area contributed by atoms with E-state index >= 15 is 0 Å². The van der Waals surface area contributed by atoms with Crippen LogP contribution >= 0.6 is 0 Å². The molecule has 2 fully saturated rings. The minimum Gasteiger partial charge on any atom is -0.496 e. The number of hydrogen-bond donors (Lipinski definition) is 0. The van der Waals surface area contributed by atoms with Crippen LogP contribution in [0.5, 0.6) is 5.75 Å². The van der Waals surface area contributed by atoms with E-state index in [9.17, 15) is 4.79 Å². The van der Waals surface area contributed by atoms with Crippen molar-refractivity contribution in [2.75, 3.05) is 26.7 Å². The van der Waals surface area contributed by atoms with Crippen LogP contribution in [0.15, 0.2) is 48.8 Å². The molecule has 1 aromatic carbocycles. The summed E-state index contributed by atoms with van der Waals surface area (Å²) in [6.07, 6.45) is 7.43. The van der Waals surface area contributed by atoms with Gasteiger partial charge in [0.2, 0.25) is 0 Å². The molecule has 0 saturated carbocycles. The molecule has 2 atom stereocenters. The maximum absolute atomic E-state index is 13.1. The first-order chi connectivity index (χ1) is 13.3. The number of carbonyl (C=O) groups excluding carboxylic acids is 1. The SMILES string of the molecule is COc1ccccc1C(=O)N1C[C@@H]2CCCCN(Cc3cccnc3)[C@@H]2C1. The van der Waals surface area contributed by atoms with E-state index in [4.69, 9.17) is 4.74 Å². The van der Waals surface area contributed by atoms with Crippen LogP contribution < -0.4 is 4.74 Å². The Hall–Kier alpha value is -2.40. The van der Waals surface area contributed by atoms with Gasteiger partial charge in [-0.1, -0.05) is 24.6 Å². The minimum absolute atomic E-state index is 0.0850. The smallest absolute Gasteiger partial charge is 0.257 e. The Balaban J connectivity index is 1.52. The molecule has 5 heteroatoms. The molecule has 2 saturated heterocycles. The molecule has 5 nitrogen and oxygen atoms in total. The van der Waals surface area contributed by atoms with E-state index in [0.29, 0.717) is 23.3 Å². The summed E-state index contributed by atoms with van der Waals surface area (Å²) < 4.78 is 5.40. The van der Waals surface area contributed by atoms with Crippen molar-refractivity contribution in [1.29, 1.82) is 0 Å². The molecule has 0 unspecified atom stereocenters. The number of nitrogens with zero attached hydrogens (tertiary/aromatic N) is 3. The third-order valence-corrected chi connectivity index (χ3v) is 5.88. The molecule has 2 aromatic rings. The second kappa shape index (κ2) is 8.09. The van der Waals surface area contributed by atoms with Crippen LogP contribution in [0.25, 0.3) is 0 Å². The van der Waals surface area contributed by atoms with Crippen molar-refractivity contribution in [1.82, 2.24) is 14.8 Å². The molecule has 1 amide bonds. The first-order valence-electron chi connectivity index (χ1n) is 9.81. The summed E-state index contributed by atoms with van der Waals surface area (Å²) in [5, 5.41) is 0. The van der Waals surface area contributed by atoms with Crippen molar-refractivity contribution < 1.29 is 9.53 Å². The average molecular weight is 365 g/mol. The normalized spacial score (nSPS) is 22.9. The monoisotopic (exact) mass is 365 g/mol. The van der Waals surface area contributed by atoms with Gasteiger partial charge < -0.3 is 9.64 Å². The van der Waals surface area contributed by atoms with Gasteiger partial charge in [-0.15, -0.1) is 0 Å². The van der Waals surface area contributed by atoms with Gasteiger partial charge in [0.05, 0.1) is 12.7 Å². The number of methoxy groups -OCH3 is 1. The third-order valence-electron chi connectivity index (χ3n) is 5.88. The Labute approximate surface area is 161 Å². The molecular formula is C22H27N3O2. The zero-order valence-electron chi connectivity index (χ0n) is 15.9. The molecule has 0 aliphatic carbocycles. The number of pyridine rings is 1. The quantitative estimate of drug-likeness (QED) is 0.835. The first kappa shape index (κ1) is 18.0. The number of para-hydroxylation sites is 1. The second-order valence-electron chi connectivity index (χ2n) is 7.57. The lowest BCUT2D eigenvalue weighted by molar-refractivity contribution is 0.0769. The topological polar surface area (TPSA) is 45.7 Å². The zero-order valence-corrected chi connectivity index (χ0v) is 15.9. The van der Waals surface area contributed by atoms with E-state index in [0.717, 1.165) is 26.2 Å². The minimum atomic E-state index is 0.0850. The van der Waals surface area contributed by atoms with E-state index in [1.165, 1.54) is 24.8 Å². The average Bonchev–Trinajstić information content (AvgIpc) is 3.06. The van der Waals surface area contributed by atoms with Crippen molar-refractivity contribution >= 4 is 5.91 Å². The molecular weight excluding hydrogens is 338 g/mol.